The molecular formula is C12H11ClFN3. The van der Waals surface area contributed by atoms with E-state index < -0.39 is 0 Å². The number of hydrogen-bond donors (Lipinski definition) is 1. The van der Waals surface area contributed by atoms with Crippen molar-refractivity contribution in [3.63, 3.8) is 0 Å². The predicted molar refractivity (Wildman–Crippen MR) is 64.1 cm³/mol. The first-order valence-corrected chi connectivity index (χ1v) is 5.50. The van der Waals surface area contributed by atoms with Crippen LogP contribution in [0, 0.1) is 5.82 Å². The number of aromatic nitrogens is 2. The van der Waals surface area contributed by atoms with Gasteiger partial charge in [-0.25, -0.2) is 4.39 Å². The third-order valence-corrected chi connectivity index (χ3v) is 2.85. The smallest absolute Gasteiger partial charge is 0.123 e. The van der Waals surface area contributed by atoms with E-state index in [1.807, 2.05) is 0 Å². The van der Waals surface area contributed by atoms with Crippen LogP contribution in [0.2, 0.25) is 5.02 Å². The second-order valence-corrected chi connectivity index (χ2v) is 4.13. The number of nitrogens with two attached hydrogens (primary N) is 1. The highest BCUT2D eigenvalue weighted by atomic mass is 35.5. The lowest BCUT2D eigenvalue weighted by Crippen LogP contribution is -2.14. The molecule has 2 N–H and O–H groups in total. The molecule has 1 aromatic heterocycles. The third kappa shape index (κ3) is 2.99. The van der Waals surface area contributed by atoms with Crippen LogP contribution in [-0.2, 0) is 6.42 Å². The number of rotatable bonds is 3. The Balaban J connectivity index is 2.18. The molecule has 0 amide bonds. The SMILES string of the molecule is NC(Cc1cc(F)ccc1Cl)c1ccnnc1. The molecular weight excluding hydrogens is 241 g/mol. The zero-order chi connectivity index (χ0) is 12.3. The molecule has 0 fully saturated rings. The average molecular weight is 252 g/mol. The van der Waals surface area contributed by atoms with Gasteiger partial charge in [-0.3, -0.25) is 0 Å². The first kappa shape index (κ1) is 12.0. The van der Waals surface area contributed by atoms with Crippen molar-refractivity contribution in [2.75, 3.05) is 0 Å². The first-order valence-electron chi connectivity index (χ1n) is 5.13. The molecule has 0 aliphatic carbocycles. The number of hydrogen-bond acceptors (Lipinski definition) is 3. The predicted octanol–water partition coefficient (Wildman–Crippen LogP) is 2.51. The Morgan fingerprint density at radius 1 is 1.29 bits per heavy atom. The minimum Gasteiger partial charge on any atom is -0.324 e. The van der Waals surface area contributed by atoms with Crippen LogP contribution < -0.4 is 5.73 Å². The average Bonchev–Trinajstić information content (AvgIpc) is 2.35. The van der Waals surface area contributed by atoms with E-state index in [2.05, 4.69) is 10.2 Å². The quantitative estimate of drug-likeness (QED) is 0.912. The van der Waals surface area contributed by atoms with Crippen molar-refractivity contribution < 1.29 is 4.39 Å². The molecule has 17 heavy (non-hydrogen) atoms. The highest BCUT2D eigenvalue weighted by molar-refractivity contribution is 6.31. The van der Waals surface area contributed by atoms with Crippen LogP contribution in [0.3, 0.4) is 0 Å². The molecule has 2 aromatic rings. The van der Waals surface area contributed by atoms with Crippen molar-refractivity contribution in [1.82, 2.24) is 10.2 Å². The molecule has 0 aliphatic heterocycles. The fourth-order valence-electron chi connectivity index (χ4n) is 1.57. The van der Waals surface area contributed by atoms with Crippen LogP contribution in [-0.4, -0.2) is 10.2 Å². The normalized spacial score (nSPS) is 12.4. The lowest BCUT2D eigenvalue weighted by Gasteiger charge is -2.12. The minimum absolute atomic E-state index is 0.273. The van der Waals surface area contributed by atoms with Gasteiger partial charge in [-0.05, 0) is 41.8 Å². The van der Waals surface area contributed by atoms with Crippen molar-refractivity contribution in [3.8, 4) is 0 Å². The summed E-state index contributed by atoms with van der Waals surface area (Å²) in [7, 11) is 0. The molecule has 1 atom stereocenters. The van der Waals surface area contributed by atoms with Gasteiger partial charge in [-0.2, -0.15) is 10.2 Å². The molecule has 0 bridgehead atoms. The van der Waals surface area contributed by atoms with E-state index in [4.69, 9.17) is 17.3 Å². The van der Waals surface area contributed by atoms with Crippen molar-refractivity contribution in [1.29, 1.82) is 0 Å². The van der Waals surface area contributed by atoms with Crippen molar-refractivity contribution in [2.45, 2.75) is 12.5 Å². The van der Waals surface area contributed by atoms with E-state index >= 15 is 0 Å². The minimum atomic E-state index is -0.315. The van der Waals surface area contributed by atoms with Crippen LogP contribution in [0.1, 0.15) is 17.2 Å². The lowest BCUT2D eigenvalue weighted by atomic mass is 10.0. The fourth-order valence-corrected chi connectivity index (χ4v) is 1.77. The summed E-state index contributed by atoms with van der Waals surface area (Å²) in [6.07, 6.45) is 3.63. The molecule has 5 heteroatoms. The van der Waals surface area contributed by atoms with E-state index in [-0.39, 0.29) is 11.9 Å². The number of halogens is 2. The van der Waals surface area contributed by atoms with Crippen LogP contribution in [0.5, 0.6) is 0 Å². The Kier molecular flexibility index (Phi) is 3.66. The fraction of sp³-hybridized carbons (Fsp3) is 0.167. The van der Waals surface area contributed by atoms with Crippen molar-refractivity contribution in [2.24, 2.45) is 5.73 Å². The van der Waals surface area contributed by atoms with Crippen molar-refractivity contribution in [3.05, 3.63) is 58.6 Å². The Hall–Kier alpha value is -1.52. The summed E-state index contributed by atoms with van der Waals surface area (Å²) in [6, 6.07) is 5.77. The monoisotopic (exact) mass is 251 g/mol. The van der Waals surface area contributed by atoms with Gasteiger partial charge in [0.15, 0.2) is 0 Å². The lowest BCUT2D eigenvalue weighted by molar-refractivity contribution is 0.622. The molecule has 1 heterocycles. The summed E-state index contributed by atoms with van der Waals surface area (Å²) in [5, 5.41) is 7.94. The standard InChI is InChI=1S/C12H11ClFN3/c13-11-2-1-10(14)5-9(11)6-12(15)8-3-4-16-17-7-8/h1-5,7,12H,6,15H2. The van der Waals surface area contributed by atoms with Gasteiger partial charge in [0.05, 0.1) is 6.20 Å². The second-order valence-electron chi connectivity index (χ2n) is 3.72. The maximum atomic E-state index is 13.1. The van der Waals surface area contributed by atoms with E-state index in [0.717, 1.165) is 5.56 Å². The molecule has 0 spiro atoms. The molecule has 0 radical (unpaired) electrons. The summed E-state index contributed by atoms with van der Waals surface area (Å²) in [4.78, 5) is 0. The highest BCUT2D eigenvalue weighted by Crippen LogP contribution is 2.22. The highest BCUT2D eigenvalue weighted by Gasteiger charge is 2.10. The van der Waals surface area contributed by atoms with Crippen LogP contribution in [0.15, 0.2) is 36.7 Å². The first-order chi connectivity index (χ1) is 8.16. The summed E-state index contributed by atoms with van der Waals surface area (Å²) < 4.78 is 13.1. The van der Waals surface area contributed by atoms with Gasteiger partial charge in [-0.15, -0.1) is 0 Å². The number of benzene rings is 1. The zero-order valence-electron chi connectivity index (χ0n) is 8.98. The molecule has 1 unspecified atom stereocenters. The molecule has 3 nitrogen and oxygen atoms in total. The largest absolute Gasteiger partial charge is 0.324 e. The Morgan fingerprint density at radius 3 is 2.82 bits per heavy atom. The van der Waals surface area contributed by atoms with Gasteiger partial charge in [0.25, 0.3) is 0 Å². The topological polar surface area (TPSA) is 51.8 Å². The van der Waals surface area contributed by atoms with E-state index in [1.165, 1.54) is 18.2 Å². The number of nitrogens with zero attached hydrogens (tertiary/aromatic N) is 2. The molecule has 0 aliphatic rings. The third-order valence-electron chi connectivity index (χ3n) is 2.48. The van der Waals surface area contributed by atoms with E-state index in [9.17, 15) is 4.39 Å². The van der Waals surface area contributed by atoms with Gasteiger partial charge < -0.3 is 5.73 Å². The molecule has 1 aromatic carbocycles. The zero-order valence-corrected chi connectivity index (χ0v) is 9.73. The maximum Gasteiger partial charge on any atom is 0.123 e. The van der Waals surface area contributed by atoms with Gasteiger partial charge in [-0.1, -0.05) is 11.6 Å². The Bertz CT molecular complexity index is 504. The van der Waals surface area contributed by atoms with Gasteiger partial charge in [0, 0.05) is 17.3 Å². The molecule has 88 valence electrons. The summed E-state index contributed by atoms with van der Waals surface area (Å²) >= 11 is 5.98. The van der Waals surface area contributed by atoms with Gasteiger partial charge in [0.1, 0.15) is 5.82 Å². The van der Waals surface area contributed by atoms with Crippen LogP contribution in [0.25, 0.3) is 0 Å². The summed E-state index contributed by atoms with van der Waals surface area (Å²) in [5.41, 5.74) is 7.54. The second kappa shape index (κ2) is 5.21. The molecule has 0 saturated carbocycles. The van der Waals surface area contributed by atoms with Crippen LogP contribution in [0.4, 0.5) is 4.39 Å². The Morgan fingerprint density at radius 2 is 2.12 bits per heavy atom. The summed E-state index contributed by atoms with van der Waals surface area (Å²) in [5.74, 6) is -0.315. The van der Waals surface area contributed by atoms with E-state index in [1.54, 1.807) is 18.5 Å². The van der Waals surface area contributed by atoms with Crippen molar-refractivity contribution >= 4 is 11.6 Å². The summed E-state index contributed by atoms with van der Waals surface area (Å²) in [6.45, 7) is 0. The maximum absolute atomic E-state index is 13.1. The van der Waals surface area contributed by atoms with Crippen LogP contribution >= 0.6 is 11.6 Å². The molecule has 0 saturated heterocycles. The van der Waals surface area contributed by atoms with E-state index in [0.29, 0.717) is 17.0 Å². The molecule has 2 rings (SSSR count). The van der Waals surface area contributed by atoms with Gasteiger partial charge in [0.2, 0.25) is 0 Å². The van der Waals surface area contributed by atoms with Gasteiger partial charge >= 0.3 is 0 Å². The Labute approximate surface area is 103 Å².